The van der Waals surface area contributed by atoms with Crippen molar-refractivity contribution in [1.82, 2.24) is 4.90 Å². The first kappa shape index (κ1) is 17.5. The number of nitrogens with one attached hydrogen (secondary N) is 1. The first-order valence-corrected chi connectivity index (χ1v) is 8.59. The second-order valence-electron chi connectivity index (χ2n) is 5.71. The predicted octanol–water partition coefficient (Wildman–Crippen LogP) is 3.35. The molecule has 0 atom stereocenters. The number of carboxylic acids is 1. The molecule has 0 fully saturated rings. The Morgan fingerprint density at radius 3 is 2.72 bits per heavy atom. The highest BCUT2D eigenvalue weighted by molar-refractivity contribution is 7.17. The largest absolute Gasteiger partial charge is 0.478 e. The molecule has 0 bridgehead atoms. The first-order chi connectivity index (χ1) is 11.9. The number of hydrogen-bond acceptors (Lipinski definition) is 4. The van der Waals surface area contributed by atoms with Gasteiger partial charge in [-0.3, -0.25) is 9.69 Å². The highest BCUT2D eigenvalue weighted by Gasteiger charge is 2.28. The van der Waals surface area contributed by atoms with E-state index in [9.17, 15) is 23.5 Å². The number of amides is 1. The average Bonchev–Trinajstić information content (AvgIpc) is 2.94. The number of aromatic carboxylic acids is 1. The van der Waals surface area contributed by atoms with Gasteiger partial charge in [-0.2, -0.15) is 0 Å². The van der Waals surface area contributed by atoms with Crippen LogP contribution >= 0.6 is 11.3 Å². The molecule has 0 aliphatic carbocycles. The van der Waals surface area contributed by atoms with E-state index in [1.807, 2.05) is 6.92 Å². The lowest BCUT2D eigenvalue weighted by molar-refractivity contribution is 0.0696. The molecule has 2 heterocycles. The first-order valence-electron chi connectivity index (χ1n) is 7.77. The normalized spacial score (nSPS) is 14.2. The summed E-state index contributed by atoms with van der Waals surface area (Å²) in [5.74, 6) is -3.96. The maximum absolute atomic E-state index is 13.3. The highest BCUT2D eigenvalue weighted by Crippen LogP contribution is 2.37. The molecule has 3 rings (SSSR count). The summed E-state index contributed by atoms with van der Waals surface area (Å²) >= 11 is 1.22. The Balaban J connectivity index is 1.91. The molecular weight excluding hydrogens is 350 g/mol. The Bertz CT molecular complexity index is 851. The van der Waals surface area contributed by atoms with Gasteiger partial charge in [0.05, 0.1) is 5.56 Å². The molecular formula is C17H16F2N2O3S. The summed E-state index contributed by atoms with van der Waals surface area (Å²) in [5, 5.41) is 12.3. The van der Waals surface area contributed by atoms with Crippen LogP contribution in [0.3, 0.4) is 0 Å². The molecule has 5 nitrogen and oxygen atoms in total. The van der Waals surface area contributed by atoms with Crippen molar-refractivity contribution in [2.24, 2.45) is 0 Å². The Morgan fingerprint density at radius 2 is 2.08 bits per heavy atom. The molecule has 132 valence electrons. The number of anilines is 1. The number of fused-ring (bicyclic) bond motifs is 1. The molecule has 1 aliphatic heterocycles. The number of carbonyl (C=O) groups excluding carboxylic acids is 1. The lowest BCUT2D eigenvalue weighted by atomic mass is 10.0. The van der Waals surface area contributed by atoms with Crippen molar-refractivity contribution >= 4 is 28.2 Å². The van der Waals surface area contributed by atoms with E-state index >= 15 is 0 Å². The molecule has 25 heavy (non-hydrogen) atoms. The SMILES string of the molecule is CCN1CCc2c(sc(NC(=O)c3ccc(F)c(F)c3)c2C(=O)O)C1. The predicted molar refractivity (Wildman–Crippen MR) is 90.2 cm³/mol. The van der Waals surface area contributed by atoms with Gasteiger partial charge in [0.25, 0.3) is 5.91 Å². The molecule has 2 aromatic rings. The molecule has 1 aromatic heterocycles. The third-order valence-electron chi connectivity index (χ3n) is 4.21. The zero-order valence-electron chi connectivity index (χ0n) is 13.4. The maximum Gasteiger partial charge on any atom is 0.339 e. The highest BCUT2D eigenvalue weighted by atomic mass is 32.1. The van der Waals surface area contributed by atoms with Crippen LogP contribution in [0.4, 0.5) is 13.8 Å². The van der Waals surface area contributed by atoms with E-state index < -0.39 is 23.5 Å². The fourth-order valence-corrected chi connectivity index (χ4v) is 4.13. The molecule has 0 radical (unpaired) electrons. The second kappa shape index (κ2) is 6.89. The number of thiophene rings is 1. The molecule has 0 saturated carbocycles. The number of halogens is 2. The van der Waals surface area contributed by atoms with Gasteiger partial charge in [0.15, 0.2) is 11.6 Å². The summed E-state index contributed by atoms with van der Waals surface area (Å²) in [7, 11) is 0. The number of likely N-dealkylation sites (N-methyl/N-ethyl adjacent to an activating group) is 1. The van der Waals surface area contributed by atoms with Crippen LogP contribution < -0.4 is 5.32 Å². The minimum absolute atomic E-state index is 0.0724. The topological polar surface area (TPSA) is 69.6 Å². The molecule has 1 aromatic carbocycles. The number of nitrogens with zero attached hydrogens (tertiary/aromatic N) is 1. The molecule has 0 saturated heterocycles. The zero-order valence-corrected chi connectivity index (χ0v) is 14.3. The summed E-state index contributed by atoms with van der Waals surface area (Å²) in [5.41, 5.74) is 0.756. The molecule has 2 N–H and O–H groups in total. The van der Waals surface area contributed by atoms with Crippen molar-refractivity contribution in [3.8, 4) is 0 Å². The molecule has 0 spiro atoms. The van der Waals surface area contributed by atoms with E-state index in [-0.39, 0.29) is 16.1 Å². The number of rotatable bonds is 4. The molecule has 8 heteroatoms. The van der Waals surface area contributed by atoms with Gasteiger partial charge in [0.2, 0.25) is 0 Å². The smallest absolute Gasteiger partial charge is 0.339 e. The number of carbonyl (C=O) groups is 2. The van der Waals surface area contributed by atoms with E-state index in [2.05, 4.69) is 10.2 Å². The standard InChI is InChI=1S/C17H16F2N2O3S/c1-2-21-6-5-10-13(8-21)25-16(14(10)17(23)24)20-15(22)9-3-4-11(18)12(19)7-9/h3-4,7H,2,5-6,8H2,1H3,(H,20,22)(H,23,24). The Morgan fingerprint density at radius 1 is 1.32 bits per heavy atom. The van der Waals surface area contributed by atoms with E-state index in [0.717, 1.165) is 41.7 Å². The van der Waals surface area contributed by atoms with Gasteiger partial charge in [-0.1, -0.05) is 6.92 Å². The van der Waals surface area contributed by atoms with Crippen molar-refractivity contribution in [3.63, 3.8) is 0 Å². The van der Waals surface area contributed by atoms with Gasteiger partial charge in [-0.25, -0.2) is 13.6 Å². The molecule has 1 amide bonds. The fourth-order valence-electron chi connectivity index (χ4n) is 2.85. The lowest BCUT2D eigenvalue weighted by Gasteiger charge is -2.25. The van der Waals surface area contributed by atoms with E-state index in [4.69, 9.17) is 0 Å². The van der Waals surface area contributed by atoms with E-state index in [1.54, 1.807) is 0 Å². The molecule has 0 unspecified atom stereocenters. The quantitative estimate of drug-likeness (QED) is 0.871. The number of hydrogen-bond donors (Lipinski definition) is 2. The zero-order chi connectivity index (χ0) is 18.1. The number of carboxylic acid groups (broad SMARTS) is 1. The Kier molecular flexibility index (Phi) is 4.82. The van der Waals surface area contributed by atoms with Gasteiger partial charge < -0.3 is 10.4 Å². The van der Waals surface area contributed by atoms with Crippen LogP contribution in [-0.2, 0) is 13.0 Å². The van der Waals surface area contributed by atoms with Crippen molar-refractivity contribution in [1.29, 1.82) is 0 Å². The summed E-state index contributed by atoms with van der Waals surface area (Å²) in [4.78, 5) is 27.0. The monoisotopic (exact) mass is 366 g/mol. The minimum atomic E-state index is -1.13. The van der Waals surface area contributed by atoms with Gasteiger partial charge in [0, 0.05) is 23.5 Å². The van der Waals surface area contributed by atoms with Crippen molar-refractivity contribution in [2.75, 3.05) is 18.4 Å². The molecule has 1 aliphatic rings. The summed E-state index contributed by atoms with van der Waals surface area (Å²) < 4.78 is 26.3. The fraction of sp³-hybridized carbons (Fsp3) is 0.294. The van der Waals surface area contributed by atoms with Crippen LogP contribution in [0.5, 0.6) is 0 Å². The summed E-state index contributed by atoms with van der Waals surface area (Å²) in [6, 6.07) is 2.80. The van der Waals surface area contributed by atoms with Gasteiger partial charge in [0.1, 0.15) is 5.00 Å². The average molecular weight is 366 g/mol. The van der Waals surface area contributed by atoms with E-state index in [1.165, 1.54) is 11.3 Å². The van der Waals surface area contributed by atoms with Gasteiger partial charge >= 0.3 is 5.97 Å². The van der Waals surface area contributed by atoms with Gasteiger partial charge in [-0.15, -0.1) is 11.3 Å². The van der Waals surface area contributed by atoms with Crippen LogP contribution in [0.25, 0.3) is 0 Å². The summed E-state index contributed by atoms with van der Waals surface area (Å²) in [6.07, 6.45) is 0.600. The van der Waals surface area contributed by atoms with Crippen LogP contribution in [0.1, 0.15) is 38.1 Å². The maximum atomic E-state index is 13.3. The third kappa shape index (κ3) is 3.40. The second-order valence-corrected chi connectivity index (χ2v) is 6.82. The summed E-state index contributed by atoms with van der Waals surface area (Å²) in [6.45, 7) is 4.29. The Labute approximate surface area is 146 Å². The third-order valence-corrected chi connectivity index (χ3v) is 5.34. The van der Waals surface area contributed by atoms with Crippen molar-refractivity contribution in [2.45, 2.75) is 19.9 Å². The van der Waals surface area contributed by atoms with Crippen molar-refractivity contribution in [3.05, 3.63) is 51.4 Å². The Hall–Kier alpha value is -2.32. The van der Waals surface area contributed by atoms with Crippen LogP contribution in [0, 0.1) is 11.6 Å². The van der Waals surface area contributed by atoms with Crippen molar-refractivity contribution < 1.29 is 23.5 Å². The lowest BCUT2D eigenvalue weighted by Crippen LogP contribution is -2.29. The van der Waals surface area contributed by atoms with Crippen LogP contribution in [0.15, 0.2) is 18.2 Å². The van der Waals surface area contributed by atoms with Gasteiger partial charge in [-0.05, 0) is 36.7 Å². The van der Waals surface area contributed by atoms with Crippen LogP contribution in [-0.4, -0.2) is 35.0 Å². The van der Waals surface area contributed by atoms with E-state index in [0.29, 0.717) is 13.0 Å². The van der Waals surface area contributed by atoms with Crippen LogP contribution in [0.2, 0.25) is 0 Å². The minimum Gasteiger partial charge on any atom is -0.478 e. The number of benzene rings is 1.